The molecule has 0 N–H and O–H groups in total. The highest BCUT2D eigenvalue weighted by Crippen LogP contribution is 2.59. The van der Waals surface area contributed by atoms with Gasteiger partial charge >= 0.3 is 5.97 Å². The second kappa shape index (κ2) is 2.28. The highest BCUT2D eigenvalue weighted by molar-refractivity contribution is 5.76. The number of ether oxygens (including phenoxy) is 2. The molecule has 70 valence electrons. The van der Waals surface area contributed by atoms with Crippen LogP contribution in [0.1, 0.15) is 25.7 Å². The van der Waals surface area contributed by atoms with Gasteiger partial charge in [0.05, 0.1) is 13.0 Å². The summed E-state index contributed by atoms with van der Waals surface area (Å²) in [5.41, 5.74) is -0.308. The molecule has 1 saturated heterocycles. The SMILES string of the molecule is O=C1CC2CC2(C2=CCCCO2)O1. The van der Waals surface area contributed by atoms with Gasteiger partial charge in [-0.05, 0) is 18.9 Å². The smallest absolute Gasteiger partial charge is 0.307 e. The Kier molecular flexibility index (Phi) is 1.30. The normalized spacial score (nSPS) is 41.7. The number of allylic oxidation sites excluding steroid dienone is 1. The highest BCUT2D eigenvalue weighted by atomic mass is 16.6. The standard InChI is InChI=1S/C10H12O3/c11-9-5-7-6-10(7,13-9)8-3-1-2-4-12-8/h3,7H,1-2,4-6H2. The molecule has 2 fully saturated rings. The van der Waals surface area contributed by atoms with E-state index in [-0.39, 0.29) is 11.6 Å². The average Bonchev–Trinajstić information content (AvgIpc) is 2.72. The zero-order chi connectivity index (χ0) is 8.89. The first-order valence-electron chi connectivity index (χ1n) is 4.86. The Morgan fingerprint density at radius 3 is 3.08 bits per heavy atom. The maximum atomic E-state index is 11.0. The number of carbonyl (C=O) groups excluding carboxylic acids is 1. The minimum absolute atomic E-state index is 0.0636. The molecular formula is C10H12O3. The van der Waals surface area contributed by atoms with E-state index in [9.17, 15) is 4.79 Å². The molecule has 3 aliphatic rings. The van der Waals surface area contributed by atoms with Crippen LogP contribution in [0.15, 0.2) is 11.8 Å². The Hall–Kier alpha value is -0.990. The van der Waals surface area contributed by atoms with Gasteiger partial charge in [-0.3, -0.25) is 4.79 Å². The van der Waals surface area contributed by atoms with E-state index >= 15 is 0 Å². The average molecular weight is 180 g/mol. The highest BCUT2D eigenvalue weighted by Gasteiger charge is 2.66. The predicted octanol–water partition coefficient (Wildman–Crippen LogP) is 1.39. The van der Waals surface area contributed by atoms with Crippen molar-refractivity contribution in [2.24, 2.45) is 5.92 Å². The molecule has 2 unspecified atom stereocenters. The molecule has 13 heavy (non-hydrogen) atoms. The van der Waals surface area contributed by atoms with E-state index in [0.29, 0.717) is 12.3 Å². The molecule has 3 nitrogen and oxygen atoms in total. The Bertz CT molecular complexity index is 295. The van der Waals surface area contributed by atoms with Crippen LogP contribution in [0.3, 0.4) is 0 Å². The largest absolute Gasteiger partial charge is 0.494 e. The van der Waals surface area contributed by atoms with Crippen molar-refractivity contribution < 1.29 is 14.3 Å². The summed E-state index contributed by atoms with van der Waals surface area (Å²) in [5.74, 6) is 1.27. The fourth-order valence-electron chi connectivity index (χ4n) is 2.32. The van der Waals surface area contributed by atoms with Crippen LogP contribution in [0, 0.1) is 5.92 Å². The van der Waals surface area contributed by atoms with Crippen LogP contribution in [0.25, 0.3) is 0 Å². The topological polar surface area (TPSA) is 35.5 Å². The fraction of sp³-hybridized carbons (Fsp3) is 0.700. The lowest BCUT2D eigenvalue weighted by Crippen LogP contribution is -2.21. The first kappa shape index (κ1) is 7.42. The van der Waals surface area contributed by atoms with Gasteiger partial charge in [0.1, 0.15) is 5.76 Å². The van der Waals surface area contributed by atoms with Gasteiger partial charge in [-0.2, -0.15) is 0 Å². The Balaban J connectivity index is 1.85. The van der Waals surface area contributed by atoms with E-state index in [1.807, 2.05) is 0 Å². The Morgan fingerprint density at radius 2 is 2.46 bits per heavy atom. The molecule has 3 rings (SSSR count). The number of hydrogen-bond donors (Lipinski definition) is 0. The number of rotatable bonds is 1. The van der Waals surface area contributed by atoms with E-state index in [0.717, 1.165) is 31.6 Å². The molecule has 2 heterocycles. The van der Waals surface area contributed by atoms with Gasteiger partial charge in [0, 0.05) is 12.3 Å². The molecular weight excluding hydrogens is 168 g/mol. The summed E-state index contributed by atoms with van der Waals surface area (Å²) in [7, 11) is 0. The van der Waals surface area contributed by atoms with E-state index < -0.39 is 0 Å². The van der Waals surface area contributed by atoms with Crippen LogP contribution >= 0.6 is 0 Å². The quantitative estimate of drug-likeness (QED) is 0.572. The molecule has 1 saturated carbocycles. The number of carbonyl (C=O) groups is 1. The zero-order valence-corrected chi connectivity index (χ0v) is 7.41. The molecule has 0 aromatic heterocycles. The summed E-state index contributed by atoms with van der Waals surface area (Å²) in [6.07, 6.45) is 5.78. The third kappa shape index (κ3) is 0.929. The molecule has 0 bridgehead atoms. The summed E-state index contributed by atoms with van der Waals surface area (Å²) in [6, 6.07) is 0. The molecule has 2 atom stereocenters. The molecule has 0 aromatic rings. The van der Waals surface area contributed by atoms with Crippen molar-refractivity contribution in [3.05, 3.63) is 11.8 Å². The monoisotopic (exact) mass is 180 g/mol. The van der Waals surface area contributed by atoms with Gasteiger partial charge in [-0.1, -0.05) is 0 Å². The van der Waals surface area contributed by atoms with E-state index in [1.54, 1.807) is 0 Å². The van der Waals surface area contributed by atoms with Crippen LogP contribution in [0.5, 0.6) is 0 Å². The molecule has 2 aliphatic heterocycles. The summed E-state index contributed by atoms with van der Waals surface area (Å²) < 4.78 is 10.9. The minimum Gasteiger partial charge on any atom is -0.494 e. The van der Waals surface area contributed by atoms with Crippen LogP contribution in [0.4, 0.5) is 0 Å². The maximum Gasteiger partial charge on any atom is 0.307 e. The first-order chi connectivity index (χ1) is 6.31. The third-order valence-corrected chi connectivity index (χ3v) is 3.11. The summed E-state index contributed by atoms with van der Waals surface area (Å²) in [4.78, 5) is 11.0. The maximum absolute atomic E-state index is 11.0. The molecule has 0 amide bonds. The van der Waals surface area contributed by atoms with Gasteiger partial charge in [-0.25, -0.2) is 0 Å². The second-order valence-corrected chi connectivity index (χ2v) is 4.03. The zero-order valence-electron chi connectivity index (χ0n) is 7.41. The van der Waals surface area contributed by atoms with Crippen molar-refractivity contribution in [2.75, 3.05) is 6.61 Å². The van der Waals surface area contributed by atoms with Crippen LogP contribution in [-0.2, 0) is 14.3 Å². The molecule has 0 radical (unpaired) electrons. The number of fused-ring (bicyclic) bond motifs is 1. The van der Waals surface area contributed by atoms with E-state index in [1.165, 1.54) is 0 Å². The fourth-order valence-corrected chi connectivity index (χ4v) is 2.32. The molecule has 0 aromatic carbocycles. The summed E-state index contributed by atoms with van der Waals surface area (Å²) >= 11 is 0. The van der Waals surface area contributed by atoms with Crippen molar-refractivity contribution in [1.82, 2.24) is 0 Å². The third-order valence-electron chi connectivity index (χ3n) is 3.11. The predicted molar refractivity (Wildman–Crippen MR) is 44.8 cm³/mol. The van der Waals surface area contributed by atoms with Crippen LogP contribution in [-0.4, -0.2) is 18.2 Å². The van der Waals surface area contributed by atoms with Crippen molar-refractivity contribution in [3.63, 3.8) is 0 Å². The molecule has 0 spiro atoms. The van der Waals surface area contributed by atoms with Crippen molar-refractivity contribution in [2.45, 2.75) is 31.3 Å². The molecule has 1 aliphatic carbocycles. The Labute approximate surface area is 76.7 Å². The number of hydrogen-bond acceptors (Lipinski definition) is 3. The van der Waals surface area contributed by atoms with Gasteiger partial charge < -0.3 is 9.47 Å². The lowest BCUT2D eigenvalue weighted by atomic mass is 10.1. The van der Waals surface area contributed by atoms with Crippen LogP contribution in [0.2, 0.25) is 0 Å². The minimum atomic E-state index is -0.308. The second-order valence-electron chi connectivity index (χ2n) is 4.03. The van der Waals surface area contributed by atoms with Crippen molar-refractivity contribution in [3.8, 4) is 0 Å². The van der Waals surface area contributed by atoms with Gasteiger partial charge in [0.25, 0.3) is 0 Å². The molecule has 3 heteroatoms. The van der Waals surface area contributed by atoms with Crippen LogP contribution < -0.4 is 0 Å². The van der Waals surface area contributed by atoms with Gasteiger partial charge in [0.2, 0.25) is 0 Å². The van der Waals surface area contributed by atoms with E-state index in [4.69, 9.17) is 9.47 Å². The first-order valence-corrected chi connectivity index (χ1v) is 4.86. The summed E-state index contributed by atoms with van der Waals surface area (Å²) in [6.45, 7) is 0.776. The number of esters is 1. The van der Waals surface area contributed by atoms with Crippen molar-refractivity contribution in [1.29, 1.82) is 0 Å². The lowest BCUT2D eigenvalue weighted by Gasteiger charge is -2.21. The summed E-state index contributed by atoms with van der Waals surface area (Å²) in [5, 5.41) is 0. The van der Waals surface area contributed by atoms with Gasteiger partial charge in [-0.15, -0.1) is 0 Å². The van der Waals surface area contributed by atoms with E-state index in [2.05, 4.69) is 6.08 Å². The Morgan fingerprint density at radius 1 is 1.54 bits per heavy atom. The lowest BCUT2D eigenvalue weighted by molar-refractivity contribution is -0.145. The van der Waals surface area contributed by atoms with Gasteiger partial charge in [0.15, 0.2) is 5.60 Å². The van der Waals surface area contributed by atoms with Crippen molar-refractivity contribution >= 4 is 5.97 Å².